The van der Waals surface area contributed by atoms with Crippen LogP contribution in [0.3, 0.4) is 0 Å². The summed E-state index contributed by atoms with van der Waals surface area (Å²) in [5.74, 6) is -1.00. The lowest BCUT2D eigenvalue weighted by atomic mass is 10.1. The number of ether oxygens (including phenoxy) is 1. The molecule has 31 heavy (non-hydrogen) atoms. The molecule has 0 aliphatic rings. The summed E-state index contributed by atoms with van der Waals surface area (Å²) in [4.78, 5) is 23.1. The zero-order valence-electron chi connectivity index (χ0n) is 17.3. The van der Waals surface area contributed by atoms with Gasteiger partial charge in [0, 0.05) is 27.1 Å². The van der Waals surface area contributed by atoms with E-state index in [9.17, 15) is 14.7 Å². The Morgan fingerprint density at radius 2 is 1.94 bits per heavy atom. The van der Waals surface area contributed by atoms with E-state index in [1.807, 2.05) is 43.5 Å². The molecule has 8 heteroatoms. The topological polar surface area (TPSA) is 95.7 Å². The molecule has 0 aliphatic carbocycles. The molecule has 2 aromatic carbocycles. The third-order valence-corrected chi connectivity index (χ3v) is 5.20. The van der Waals surface area contributed by atoms with E-state index in [0.717, 1.165) is 32.7 Å². The molecule has 3 rings (SSSR count). The van der Waals surface area contributed by atoms with Crippen molar-refractivity contribution in [1.82, 2.24) is 9.99 Å². The van der Waals surface area contributed by atoms with E-state index in [4.69, 9.17) is 4.74 Å². The molecule has 1 aromatic heterocycles. The number of amides is 1. The van der Waals surface area contributed by atoms with E-state index in [-0.39, 0.29) is 18.1 Å². The van der Waals surface area contributed by atoms with Crippen LogP contribution in [0.25, 0.3) is 5.69 Å². The predicted molar refractivity (Wildman–Crippen MR) is 120 cm³/mol. The minimum atomic E-state index is -1.21. The number of hydrogen-bond donors (Lipinski definition) is 1. The van der Waals surface area contributed by atoms with Crippen molar-refractivity contribution in [1.29, 1.82) is 0 Å². The minimum Gasteiger partial charge on any atom is -0.545 e. The average molecular weight is 483 g/mol. The number of rotatable bonds is 7. The molecule has 0 fully saturated rings. The maximum absolute atomic E-state index is 12.0. The number of aryl methyl sites for hydroxylation is 2. The van der Waals surface area contributed by atoms with Gasteiger partial charge in [-0.05, 0) is 68.3 Å². The number of nitrogens with one attached hydrogen (secondary N) is 1. The molecular weight excluding hydrogens is 462 g/mol. The number of hydrogen-bond acceptors (Lipinski definition) is 5. The summed E-state index contributed by atoms with van der Waals surface area (Å²) >= 11 is 3.35. The molecule has 1 N–H and O–H groups in total. The molecule has 1 amide bonds. The van der Waals surface area contributed by atoms with Gasteiger partial charge in [0.05, 0.1) is 12.2 Å². The first kappa shape index (κ1) is 22.3. The summed E-state index contributed by atoms with van der Waals surface area (Å²) in [6.07, 6.45) is 1.57. The molecule has 0 radical (unpaired) electrons. The highest BCUT2D eigenvalue weighted by Gasteiger charge is 2.12. The van der Waals surface area contributed by atoms with Gasteiger partial charge in [-0.15, -0.1) is 0 Å². The van der Waals surface area contributed by atoms with Gasteiger partial charge in [-0.2, -0.15) is 5.10 Å². The van der Waals surface area contributed by atoms with Gasteiger partial charge < -0.3 is 19.2 Å². The first-order valence-corrected chi connectivity index (χ1v) is 10.3. The Morgan fingerprint density at radius 1 is 1.16 bits per heavy atom. The van der Waals surface area contributed by atoms with Crippen molar-refractivity contribution in [2.75, 3.05) is 6.61 Å². The van der Waals surface area contributed by atoms with Crippen LogP contribution >= 0.6 is 15.9 Å². The number of halogens is 1. The van der Waals surface area contributed by atoms with Crippen LogP contribution in [0.4, 0.5) is 0 Å². The van der Waals surface area contributed by atoms with E-state index in [1.54, 1.807) is 30.5 Å². The predicted octanol–water partition coefficient (Wildman–Crippen LogP) is 3.06. The minimum absolute atomic E-state index is 0.137. The number of carboxylic acid groups (broad SMARTS) is 1. The highest BCUT2D eigenvalue weighted by atomic mass is 79.9. The van der Waals surface area contributed by atoms with E-state index in [0.29, 0.717) is 5.75 Å². The zero-order valence-corrected chi connectivity index (χ0v) is 18.9. The Bertz CT molecular complexity index is 1170. The molecule has 0 aliphatic heterocycles. The van der Waals surface area contributed by atoms with Crippen molar-refractivity contribution in [2.24, 2.45) is 5.10 Å². The van der Waals surface area contributed by atoms with Gasteiger partial charge in [-0.3, -0.25) is 4.79 Å². The normalized spacial score (nSPS) is 11.0. The second-order valence-corrected chi connectivity index (χ2v) is 7.91. The lowest BCUT2D eigenvalue weighted by Crippen LogP contribution is -2.24. The molecule has 0 bridgehead atoms. The summed E-state index contributed by atoms with van der Waals surface area (Å²) in [7, 11) is 0. The fourth-order valence-electron chi connectivity index (χ4n) is 3.23. The zero-order chi connectivity index (χ0) is 22.5. The van der Waals surface area contributed by atoms with Crippen LogP contribution in [-0.2, 0) is 4.79 Å². The first-order valence-electron chi connectivity index (χ1n) is 9.48. The number of carbonyl (C=O) groups excluding carboxylic acids is 2. The van der Waals surface area contributed by atoms with E-state index in [2.05, 4.69) is 26.5 Å². The fourth-order valence-corrected chi connectivity index (χ4v) is 3.61. The standard InChI is InChI=1S/C23H22BrN3O4/c1-14-9-17(23(29)30)7-8-21(14)27-15(2)10-18(16(27)3)12-25-26-22(28)13-31-20-6-4-5-19(24)11-20/h4-12H,13H2,1-3H3,(H,26,28)(H,29,30)/p-1/b25-12-. The fraction of sp³-hybridized carbons (Fsp3) is 0.174. The summed E-state index contributed by atoms with van der Waals surface area (Å²) in [6.45, 7) is 5.57. The van der Waals surface area contributed by atoms with Gasteiger partial charge in [0.1, 0.15) is 5.75 Å². The SMILES string of the molecule is Cc1cc(C(=O)[O-])ccc1-n1c(C)cc(/C=N\NC(=O)COc2cccc(Br)c2)c1C. The van der Waals surface area contributed by atoms with Gasteiger partial charge >= 0.3 is 0 Å². The number of aromatic nitrogens is 1. The quantitative estimate of drug-likeness (QED) is 0.413. The molecule has 0 unspecified atom stereocenters. The summed E-state index contributed by atoms with van der Waals surface area (Å²) in [5.41, 5.74) is 6.96. The number of aromatic carboxylic acids is 1. The number of hydrazone groups is 1. The largest absolute Gasteiger partial charge is 0.545 e. The van der Waals surface area contributed by atoms with Crippen LogP contribution in [0.1, 0.15) is 32.9 Å². The van der Waals surface area contributed by atoms with E-state index >= 15 is 0 Å². The number of carbonyl (C=O) groups is 2. The average Bonchev–Trinajstić information content (AvgIpc) is 3.00. The molecule has 0 spiro atoms. The number of nitrogens with zero attached hydrogens (tertiary/aromatic N) is 2. The van der Waals surface area contributed by atoms with Crippen molar-refractivity contribution in [3.8, 4) is 11.4 Å². The summed E-state index contributed by atoms with van der Waals surface area (Å²) in [6, 6.07) is 14.0. The molecule has 0 saturated carbocycles. The van der Waals surface area contributed by atoms with Gasteiger partial charge in [0.15, 0.2) is 6.61 Å². The molecule has 7 nitrogen and oxygen atoms in total. The molecule has 0 atom stereocenters. The van der Waals surface area contributed by atoms with Gasteiger partial charge in [-0.25, -0.2) is 5.43 Å². The third-order valence-electron chi connectivity index (χ3n) is 4.70. The molecule has 160 valence electrons. The first-order chi connectivity index (χ1) is 14.8. The van der Waals surface area contributed by atoms with Gasteiger partial charge in [0.2, 0.25) is 0 Å². The third kappa shape index (κ3) is 5.40. The second-order valence-electron chi connectivity index (χ2n) is 6.99. The number of carboxylic acids is 1. The Morgan fingerprint density at radius 3 is 2.61 bits per heavy atom. The smallest absolute Gasteiger partial charge is 0.277 e. The molecule has 0 saturated heterocycles. The lowest BCUT2D eigenvalue weighted by Gasteiger charge is -2.14. The van der Waals surface area contributed by atoms with Crippen molar-refractivity contribution < 1.29 is 19.4 Å². The number of benzene rings is 2. The molecule has 3 aromatic rings. The van der Waals surface area contributed by atoms with Crippen LogP contribution in [0.2, 0.25) is 0 Å². The van der Waals surface area contributed by atoms with Crippen molar-refractivity contribution >= 4 is 34.0 Å². The van der Waals surface area contributed by atoms with Crippen molar-refractivity contribution in [2.45, 2.75) is 20.8 Å². The van der Waals surface area contributed by atoms with Crippen molar-refractivity contribution in [3.05, 3.63) is 81.1 Å². The van der Waals surface area contributed by atoms with Crippen molar-refractivity contribution in [3.63, 3.8) is 0 Å². The maximum atomic E-state index is 12.0. The Kier molecular flexibility index (Phi) is 6.91. The summed E-state index contributed by atoms with van der Waals surface area (Å²) in [5, 5.41) is 15.1. The second kappa shape index (κ2) is 9.61. The molecular formula is C23H21BrN3O4-. The lowest BCUT2D eigenvalue weighted by molar-refractivity contribution is -0.255. The highest BCUT2D eigenvalue weighted by Crippen LogP contribution is 2.23. The van der Waals surface area contributed by atoms with Crippen LogP contribution < -0.4 is 15.3 Å². The van der Waals surface area contributed by atoms with Crippen LogP contribution in [0.15, 0.2) is 58.1 Å². The Labute approximate surface area is 188 Å². The van der Waals surface area contributed by atoms with E-state index in [1.165, 1.54) is 6.07 Å². The Hall–Kier alpha value is -3.39. The summed E-state index contributed by atoms with van der Waals surface area (Å²) < 4.78 is 8.30. The Balaban J connectivity index is 1.68. The van der Waals surface area contributed by atoms with Gasteiger partial charge in [-0.1, -0.05) is 28.1 Å². The maximum Gasteiger partial charge on any atom is 0.277 e. The van der Waals surface area contributed by atoms with Crippen LogP contribution in [-0.4, -0.2) is 29.3 Å². The van der Waals surface area contributed by atoms with Gasteiger partial charge in [0.25, 0.3) is 5.91 Å². The highest BCUT2D eigenvalue weighted by molar-refractivity contribution is 9.10. The van der Waals surface area contributed by atoms with Crippen LogP contribution in [0.5, 0.6) is 5.75 Å². The molecule has 1 heterocycles. The van der Waals surface area contributed by atoms with Crippen LogP contribution in [0, 0.1) is 20.8 Å². The monoisotopic (exact) mass is 482 g/mol. The van der Waals surface area contributed by atoms with E-state index < -0.39 is 5.97 Å².